The van der Waals surface area contributed by atoms with Gasteiger partial charge in [0.05, 0.1) is 6.07 Å². The van der Waals surface area contributed by atoms with Crippen molar-refractivity contribution in [3.05, 3.63) is 0 Å². The van der Waals surface area contributed by atoms with Crippen molar-refractivity contribution in [2.75, 3.05) is 6.54 Å². The van der Waals surface area contributed by atoms with E-state index in [4.69, 9.17) is 5.26 Å². The van der Waals surface area contributed by atoms with Crippen LogP contribution in [0.1, 0.15) is 70.6 Å². The van der Waals surface area contributed by atoms with Crippen molar-refractivity contribution in [2.24, 2.45) is 5.92 Å². The fourth-order valence-electron chi connectivity index (χ4n) is 3.82. The number of carbonyl (C=O) groups excluding carboxylic acids is 2. The second-order valence-corrected chi connectivity index (χ2v) is 6.72. The maximum absolute atomic E-state index is 12.4. The predicted octanol–water partition coefficient (Wildman–Crippen LogP) is 2.42. The lowest BCUT2D eigenvalue weighted by atomic mass is 9.80. The second-order valence-electron chi connectivity index (χ2n) is 6.72. The number of rotatable bonds is 6. The molecule has 0 spiro atoms. The van der Waals surface area contributed by atoms with E-state index in [9.17, 15) is 9.59 Å². The van der Waals surface area contributed by atoms with Crippen LogP contribution in [0.25, 0.3) is 0 Å². The lowest BCUT2D eigenvalue weighted by Crippen LogP contribution is -2.59. The molecule has 2 rings (SSSR count). The molecule has 0 aliphatic heterocycles. The molecule has 0 unspecified atom stereocenters. The quantitative estimate of drug-likeness (QED) is 0.739. The van der Waals surface area contributed by atoms with Gasteiger partial charge in [-0.25, -0.2) is 0 Å². The Balaban J connectivity index is 1.89. The van der Waals surface area contributed by atoms with Gasteiger partial charge in [-0.15, -0.1) is 0 Å². The van der Waals surface area contributed by atoms with Gasteiger partial charge >= 0.3 is 0 Å². The zero-order chi connectivity index (χ0) is 15.8. The van der Waals surface area contributed by atoms with Crippen molar-refractivity contribution < 1.29 is 9.59 Å². The van der Waals surface area contributed by atoms with Gasteiger partial charge in [0.15, 0.2) is 0 Å². The van der Waals surface area contributed by atoms with E-state index in [1.807, 2.05) is 6.07 Å². The standard InChI is InChI=1S/C17H27N3O2/c18-12-13-19-16(22)17(10-4-1-5-11-17)20-15(21)9-8-14-6-2-3-7-14/h14H,1-11,13H2,(H,19,22)(H,20,21). The van der Waals surface area contributed by atoms with Crippen LogP contribution in [0.2, 0.25) is 0 Å². The van der Waals surface area contributed by atoms with Crippen molar-refractivity contribution in [1.82, 2.24) is 10.6 Å². The van der Waals surface area contributed by atoms with Crippen LogP contribution in [-0.4, -0.2) is 23.9 Å². The number of carbonyl (C=O) groups is 2. The normalized spacial score (nSPS) is 21.0. The topological polar surface area (TPSA) is 82.0 Å². The van der Waals surface area contributed by atoms with E-state index in [-0.39, 0.29) is 18.4 Å². The maximum Gasteiger partial charge on any atom is 0.246 e. The van der Waals surface area contributed by atoms with Crippen LogP contribution in [0.15, 0.2) is 0 Å². The van der Waals surface area contributed by atoms with Crippen LogP contribution in [0.3, 0.4) is 0 Å². The van der Waals surface area contributed by atoms with E-state index in [2.05, 4.69) is 10.6 Å². The van der Waals surface area contributed by atoms with Crippen LogP contribution in [0.4, 0.5) is 0 Å². The van der Waals surface area contributed by atoms with E-state index in [0.29, 0.717) is 25.2 Å². The summed E-state index contributed by atoms with van der Waals surface area (Å²) < 4.78 is 0. The minimum atomic E-state index is -0.790. The summed E-state index contributed by atoms with van der Waals surface area (Å²) in [6.07, 6.45) is 10.8. The minimum Gasteiger partial charge on any atom is -0.342 e. The third-order valence-corrected chi connectivity index (χ3v) is 5.10. The number of amides is 2. The van der Waals surface area contributed by atoms with Gasteiger partial charge < -0.3 is 10.6 Å². The van der Waals surface area contributed by atoms with Gasteiger partial charge in [-0.2, -0.15) is 5.26 Å². The molecule has 2 saturated carbocycles. The summed E-state index contributed by atoms with van der Waals surface area (Å²) in [5.41, 5.74) is -0.790. The van der Waals surface area contributed by atoms with E-state index in [1.54, 1.807) is 0 Å². The highest BCUT2D eigenvalue weighted by atomic mass is 16.2. The molecule has 0 aromatic rings. The molecule has 22 heavy (non-hydrogen) atoms. The van der Waals surface area contributed by atoms with Gasteiger partial charge in [-0.1, -0.05) is 44.9 Å². The lowest BCUT2D eigenvalue weighted by Gasteiger charge is -2.36. The third kappa shape index (κ3) is 4.46. The number of hydrogen-bond acceptors (Lipinski definition) is 3. The Morgan fingerprint density at radius 2 is 1.77 bits per heavy atom. The Morgan fingerprint density at radius 1 is 1.09 bits per heavy atom. The molecule has 2 N–H and O–H groups in total. The molecule has 0 atom stereocenters. The van der Waals surface area contributed by atoms with Crippen molar-refractivity contribution in [2.45, 2.75) is 76.2 Å². The Morgan fingerprint density at radius 3 is 2.41 bits per heavy atom. The van der Waals surface area contributed by atoms with E-state index in [0.717, 1.165) is 25.7 Å². The van der Waals surface area contributed by atoms with Gasteiger partial charge in [0.1, 0.15) is 12.1 Å². The highest BCUT2D eigenvalue weighted by Crippen LogP contribution is 2.30. The average Bonchev–Trinajstić information content (AvgIpc) is 3.05. The molecule has 5 heteroatoms. The number of hydrogen-bond donors (Lipinski definition) is 2. The van der Waals surface area contributed by atoms with E-state index >= 15 is 0 Å². The Kier molecular flexibility index (Phi) is 6.23. The number of nitriles is 1. The molecular formula is C17H27N3O2. The van der Waals surface area contributed by atoms with Crippen molar-refractivity contribution in [3.8, 4) is 6.07 Å². The van der Waals surface area contributed by atoms with E-state index in [1.165, 1.54) is 25.7 Å². The van der Waals surface area contributed by atoms with Gasteiger partial charge in [0.2, 0.25) is 11.8 Å². The molecule has 0 aromatic heterocycles. The van der Waals surface area contributed by atoms with Gasteiger partial charge in [-0.3, -0.25) is 9.59 Å². The molecule has 122 valence electrons. The fraction of sp³-hybridized carbons (Fsp3) is 0.824. The molecule has 0 heterocycles. The maximum atomic E-state index is 12.4. The fourth-order valence-corrected chi connectivity index (χ4v) is 3.82. The molecule has 2 aliphatic carbocycles. The molecule has 2 aliphatic rings. The Labute approximate surface area is 132 Å². The SMILES string of the molecule is N#CCNC(=O)C1(NC(=O)CCC2CCCC2)CCCCC1. The second kappa shape index (κ2) is 8.17. The Bertz CT molecular complexity index is 430. The summed E-state index contributed by atoms with van der Waals surface area (Å²) in [5.74, 6) is 0.476. The molecule has 5 nitrogen and oxygen atoms in total. The summed E-state index contributed by atoms with van der Waals surface area (Å²) in [4.78, 5) is 24.7. The molecule has 0 saturated heterocycles. The number of nitrogens with one attached hydrogen (secondary N) is 2. The van der Waals surface area contributed by atoms with Crippen molar-refractivity contribution in [3.63, 3.8) is 0 Å². The van der Waals surface area contributed by atoms with Gasteiger partial charge in [0.25, 0.3) is 0 Å². The predicted molar refractivity (Wildman–Crippen MR) is 83.8 cm³/mol. The summed E-state index contributed by atoms with van der Waals surface area (Å²) in [7, 11) is 0. The van der Waals surface area contributed by atoms with Crippen LogP contribution in [0.5, 0.6) is 0 Å². The highest BCUT2D eigenvalue weighted by Gasteiger charge is 2.40. The first-order valence-corrected chi connectivity index (χ1v) is 8.62. The summed E-state index contributed by atoms with van der Waals surface area (Å²) in [6, 6.07) is 1.93. The monoisotopic (exact) mass is 305 g/mol. The highest BCUT2D eigenvalue weighted by molar-refractivity contribution is 5.91. The summed E-state index contributed by atoms with van der Waals surface area (Å²) >= 11 is 0. The molecule has 0 bridgehead atoms. The van der Waals surface area contributed by atoms with E-state index < -0.39 is 5.54 Å². The van der Waals surface area contributed by atoms with Crippen molar-refractivity contribution in [1.29, 1.82) is 5.26 Å². The first-order chi connectivity index (χ1) is 10.7. The van der Waals surface area contributed by atoms with Crippen LogP contribution in [-0.2, 0) is 9.59 Å². The summed E-state index contributed by atoms with van der Waals surface area (Å²) in [5, 5.41) is 14.3. The summed E-state index contributed by atoms with van der Waals surface area (Å²) in [6.45, 7) is -0.00146. The molecule has 2 amide bonds. The lowest BCUT2D eigenvalue weighted by molar-refractivity contribution is -0.135. The minimum absolute atomic E-state index is 0.00146. The molecule has 2 fully saturated rings. The first kappa shape index (κ1) is 16.8. The van der Waals surface area contributed by atoms with Crippen LogP contribution in [0, 0.1) is 17.2 Å². The van der Waals surface area contributed by atoms with Gasteiger partial charge in [-0.05, 0) is 25.2 Å². The molecular weight excluding hydrogens is 278 g/mol. The largest absolute Gasteiger partial charge is 0.342 e. The zero-order valence-electron chi connectivity index (χ0n) is 13.3. The smallest absolute Gasteiger partial charge is 0.246 e. The number of nitrogens with zero attached hydrogens (tertiary/aromatic N) is 1. The zero-order valence-corrected chi connectivity index (χ0v) is 13.3. The van der Waals surface area contributed by atoms with Crippen LogP contribution >= 0.6 is 0 Å². The molecule has 0 aromatic carbocycles. The van der Waals surface area contributed by atoms with Crippen LogP contribution < -0.4 is 10.6 Å². The molecule has 0 radical (unpaired) electrons. The van der Waals surface area contributed by atoms with Crippen molar-refractivity contribution >= 4 is 11.8 Å². The first-order valence-electron chi connectivity index (χ1n) is 8.62. The third-order valence-electron chi connectivity index (χ3n) is 5.10. The van der Waals surface area contributed by atoms with Gasteiger partial charge in [0, 0.05) is 6.42 Å². The Hall–Kier alpha value is -1.57. The average molecular weight is 305 g/mol.